The van der Waals surface area contributed by atoms with Crippen molar-refractivity contribution in [1.29, 1.82) is 0 Å². The van der Waals surface area contributed by atoms with Gasteiger partial charge in [-0.2, -0.15) is 4.31 Å². The minimum absolute atomic E-state index is 0.0317. The molecule has 0 aliphatic rings. The smallest absolute Gasteiger partial charge is 0.318 e. The average Bonchev–Trinajstić information content (AvgIpc) is 2.42. The summed E-state index contributed by atoms with van der Waals surface area (Å²) >= 11 is 5.74. The lowest BCUT2D eigenvalue weighted by molar-refractivity contribution is -0.137. The number of hydrogen-bond acceptors (Lipinski definition) is 4. The summed E-state index contributed by atoms with van der Waals surface area (Å²) in [6, 6.07) is 6.58. The molecule has 0 saturated heterocycles. The number of halogens is 1. The van der Waals surface area contributed by atoms with E-state index < -0.39 is 22.5 Å². The van der Waals surface area contributed by atoms with Crippen molar-refractivity contribution in [3.8, 4) is 0 Å². The Morgan fingerprint density at radius 3 is 2.52 bits per heavy atom. The third-order valence-electron chi connectivity index (χ3n) is 2.52. The molecule has 0 atom stereocenters. The Hall–Kier alpha value is -1.41. The SMILES string of the molecule is COCCN(CC(=O)O)S(=O)(=O)C=Cc1ccc(Cl)cc1. The molecule has 0 radical (unpaired) electrons. The molecule has 0 bridgehead atoms. The highest BCUT2D eigenvalue weighted by molar-refractivity contribution is 7.92. The van der Waals surface area contributed by atoms with Crippen molar-refractivity contribution < 1.29 is 23.1 Å². The molecule has 1 rings (SSSR count). The van der Waals surface area contributed by atoms with Crippen LogP contribution in [0.15, 0.2) is 29.7 Å². The number of hydrogen-bond donors (Lipinski definition) is 1. The second kappa shape index (κ2) is 8.14. The van der Waals surface area contributed by atoms with Gasteiger partial charge >= 0.3 is 5.97 Å². The largest absolute Gasteiger partial charge is 0.480 e. The van der Waals surface area contributed by atoms with Crippen LogP contribution in [-0.2, 0) is 19.6 Å². The topological polar surface area (TPSA) is 83.9 Å². The number of rotatable bonds is 8. The summed E-state index contributed by atoms with van der Waals surface area (Å²) in [5, 5.41) is 10.3. The summed E-state index contributed by atoms with van der Waals surface area (Å²) in [7, 11) is -2.43. The first-order valence-corrected chi connectivity index (χ1v) is 7.88. The van der Waals surface area contributed by atoms with Crippen molar-refractivity contribution in [1.82, 2.24) is 4.31 Å². The Kier molecular flexibility index (Phi) is 6.83. The number of carboxylic acid groups (broad SMARTS) is 1. The highest BCUT2D eigenvalue weighted by Gasteiger charge is 2.21. The summed E-state index contributed by atoms with van der Waals surface area (Å²) in [5.41, 5.74) is 0.644. The van der Waals surface area contributed by atoms with Crippen LogP contribution in [0.3, 0.4) is 0 Å². The van der Waals surface area contributed by atoms with Crippen LogP contribution in [0.1, 0.15) is 5.56 Å². The second-order valence-corrected chi connectivity index (χ2v) is 6.37. The lowest BCUT2D eigenvalue weighted by Crippen LogP contribution is -2.36. The minimum atomic E-state index is -3.84. The van der Waals surface area contributed by atoms with Crippen LogP contribution < -0.4 is 0 Å². The van der Waals surface area contributed by atoms with Crippen LogP contribution in [-0.4, -0.2) is 50.6 Å². The molecule has 0 saturated carbocycles. The van der Waals surface area contributed by atoms with Crippen LogP contribution >= 0.6 is 11.6 Å². The third-order valence-corrected chi connectivity index (χ3v) is 4.28. The average molecular weight is 334 g/mol. The fourth-order valence-electron chi connectivity index (χ4n) is 1.46. The van der Waals surface area contributed by atoms with E-state index >= 15 is 0 Å². The zero-order valence-electron chi connectivity index (χ0n) is 11.4. The minimum Gasteiger partial charge on any atom is -0.480 e. The van der Waals surface area contributed by atoms with Crippen molar-refractivity contribution in [2.24, 2.45) is 0 Å². The van der Waals surface area contributed by atoms with E-state index in [-0.39, 0.29) is 13.2 Å². The standard InChI is InChI=1S/C13H16ClNO5S/c1-20-8-7-15(10-13(16)17)21(18,19)9-6-11-2-4-12(14)5-3-11/h2-6,9H,7-8,10H2,1H3,(H,16,17). The number of aliphatic carboxylic acids is 1. The molecule has 1 aromatic rings. The monoisotopic (exact) mass is 333 g/mol. The van der Waals surface area contributed by atoms with Gasteiger partial charge in [0, 0.05) is 24.1 Å². The normalized spacial score (nSPS) is 12.1. The quantitative estimate of drug-likeness (QED) is 0.782. The maximum atomic E-state index is 12.1. The van der Waals surface area contributed by atoms with Gasteiger partial charge in [0.2, 0.25) is 10.0 Å². The first kappa shape index (κ1) is 17.6. The van der Waals surface area contributed by atoms with Crippen LogP contribution in [0, 0.1) is 0 Å². The van der Waals surface area contributed by atoms with Gasteiger partial charge in [-0.05, 0) is 23.8 Å². The zero-order chi connectivity index (χ0) is 15.9. The molecular weight excluding hydrogens is 318 g/mol. The van der Waals surface area contributed by atoms with Gasteiger partial charge in [0.05, 0.1) is 6.61 Å². The van der Waals surface area contributed by atoms with E-state index in [0.717, 1.165) is 9.71 Å². The predicted molar refractivity (Wildman–Crippen MR) is 80.5 cm³/mol. The summed E-state index contributed by atoms with van der Waals surface area (Å²) in [5.74, 6) is -1.23. The molecule has 0 spiro atoms. The van der Waals surface area contributed by atoms with Gasteiger partial charge in [0.15, 0.2) is 0 Å². The number of methoxy groups -OCH3 is 1. The van der Waals surface area contributed by atoms with Gasteiger partial charge in [-0.25, -0.2) is 8.42 Å². The molecule has 1 N–H and O–H groups in total. The van der Waals surface area contributed by atoms with Gasteiger partial charge in [-0.15, -0.1) is 0 Å². The highest BCUT2D eigenvalue weighted by Crippen LogP contribution is 2.12. The van der Waals surface area contributed by atoms with Crippen molar-refractivity contribution in [3.63, 3.8) is 0 Å². The Balaban J connectivity index is 2.88. The molecular formula is C13H16ClNO5S. The zero-order valence-corrected chi connectivity index (χ0v) is 13.0. The molecule has 0 aliphatic carbocycles. The predicted octanol–water partition coefficient (Wildman–Crippen LogP) is 1.67. The van der Waals surface area contributed by atoms with Gasteiger partial charge in [0.1, 0.15) is 6.54 Å². The molecule has 6 nitrogen and oxygen atoms in total. The fourth-order valence-corrected chi connectivity index (χ4v) is 2.71. The first-order chi connectivity index (χ1) is 9.85. The molecule has 0 aromatic heterocycles. The van der Waals surface area contributed by atoms with Crippen molar-refractivity contribution in [2.45, 2.75) is 0 Å². The Bertz CT molecular complexity index is 597. The number of sulfonamides is 1. The third kappa shape index (κ3) is 6.26. The molecule has 0 heterocycles. The Morgan fingerprint density at radius 2 is 2.00 bits per heavy atom. The van der Waals surface area contributed by atoms with E-state index in [4.69, 9.17) is 21.4 Å². The maximum Gasteiger partial charge on any atom is 0.318 e. The van der Waals surface area contributed by atoms with E-state index in [2.05, 4.69) is 0 Å². The van der Waals surface area contributed by atoms with Crippen molar-refractivity contribution >= 4 is 33.7 Å². The molecule has 116 valence electrons. The van der Waals surface area contributed by atoms with Crippen molar-refractivity contribution in [2.75, 3.05) is 26.8 Å². The first-order valence-electron chi connectivity index (χ1n) is 5.99. The summed E-state index contributed by atoms with van der Waals surface area (Å²) < 4.78 is 29.8. The van der Waals surface area contributed by atoms with Gasteiger partial charge in [0.25, 0.3) is 0 Å². The van der Waals surface area contributed by atoms with Gasteiger partial charge in [-0.3, -0.25) is 4.79 Å². The summed E-state index contributed by atoms with van der Waals surface area (Å²) in [4.78, 5) is 10.7. The van der Waals surface area contributed by atoms with Crippen LogP contribution in [0.5, 0.6) is 0 Å². The van der Waals surface area contributed by atoms with Crippen molar-refractivity contribution in [3.05, 3.63) is 40.3 Å². The van der Waals surface area contributed by atoms with Crippen LogP contribution in [0.2, 0.25) is 5.02 Å². The molecule has 21 heavy (non-hydrogen) atoms. The molecule has 0 aliphatic heterocycles. The molecule has 0 amide bonds. The Morgan fingerprint density at radius 1 is 1.38 bits per heavy atom. The molecule has 0 unspecified atom stereocenters. The van der Waals surface area contributed by atoms with E-state index in [9.17, 15) is 13.2 Å². The number of carboxylic acids is 1. The summed E-state index contributed by atoms with van der Waals surface area (Å²) in [6.07, 6.45) is 1.38. The molecule has 8 heteroatoms. The van der Waals surface area contributed by atoms with E-state index in [1.807, 2.05) is 0 Å². The van der Waals surface area contributed by atoms with E-state index in [1.54, 1.807) is 24.3 Å². The summed E-state index contributed by atoms with van der Waals surface area (Å²) in [6.45, 7) is -0.534. The number of ether oxygens (including phenoxy) is 1. The number of nitrogens with zero attached hydrogens (tertiary/aromatic N) is 1. The Labute approximate surface area is 128 Å². The molecule has 0 fully saturated rings. The molecule has 1 aromatic carbocycles. The van der Waals surface area contributed by atoms with Crippen LogP contribution in [0.25, 0.3) is 6.08 Å². The van der Waals surface area contributed by atoms with Gasteiger partial charge < -0.3 is 9.84 Å². The fraction of sp³-hybridized carbons (Fsp3) is 0.308. The number of benzene rings is 1. The van der Waals surface area contributed by atoms with Gasteiger partial charge in [-0.1, -0.05) is 23.7 Å². The lowest BCUT2D eigenvalue weighted by atomic mass is 10.2. The second-order valence-electron chi connectivity index (χ2n) is 4.12. The lowest BCUT2D eigenvalue weighted by Gasteiger charge is -2.17. The number of carbonyl (C=O) groups is 1. The highest BCUT2D eigenvalue weighted by atomic mass is 35.5. The van der Waals surface area contributed by atoms with Crippen LogP contribution in [0.4, 0.5) is 0 Å². The van der Waals surface area contributed by atoms with E-state index in [1.165, 1.54) is 13.2 Å². The van der Waals surface area contributed by atoms with E-state index in [0.29, 0.717) is 10.6 Å². The maximum absolute atomic E-state index is 12.1.